The number of thiazole rings is 1. The molecule has 1 amide bonds. The number of carbonyl (C=O) groups is 1. The Morgan fingerprint density at radius 1 is 1.24 bits per heavy atom. The molecule has 0 radical (unpaired) electrons. The molecule has 0 N–H and O–H groups in total. The Hall–Kier alpha value is -2.51. The van der Waals surface area contributed by atoms with E-state index >= 15 is 0 Å². The highest BCUT2D eigenvalue weighted by Gasteiger charge is 2.12. The molecule has 2 aromatic carbocycles. The van der Waals surface area contributed by atoms with Crippen molar-refractivity contribution in [2.24, 2.45) is 4.99 Å². The van der Waals surface area contributed by atoms with Gasteiger partial charge in [0, 0.05) is 13.7 Å². The van der Waals surface area contributed by atoms with Gasteiger partial charge >= 0.3 is 0 Å². The second kappa shape index (κ2) is 7.58. The lowest BCUT2D eigenvalue weighted by molar-refractivity contribution is 0.0993. The number of rotatable bonds is 5. The lowest BCUT2D eigenvalue weighted by Crippen LogP contribution is -2.19. The fraction of sp³-hybridized carbons (Fsp3) is 0.222. The summed E-state index contributed by atoms with van der Waals surface area (Å²) in [4.78, 5) is 17.0. The van der Waals surface area contributed by atoms with Gasteiger partial charge in [0.15, 0.2) is 4.80 Å². The first kappa shape index (κ1) is 17.3. The number of fused-ring (bicyclic) bond motifs is 1. The van der Waals surface area contributed by atoms with Crippen molar-refractivity contribution in [1.29, 1.82) is 0 Å². The number of aromatic nitrogens is 1. The highest BCUT2D eigenvalue weighted by atomic mass is 32.1. The molecule has 0 unspecified atom stereocenters. The molecule has 0 spiro atoms. The van der Waals surface area contributed by atoms with E-state index in [-0.39, 0.29) is 5.56 Å². The van der Waals surface area contributed by atoms with Crippen molar-refractivity contribution in [3.63, 3.8) is 0 Å². The molecule has 0 fully saturated rings. The molecule has 1 heterocycles. The maximum atomic E-state index is 13.8. The first-order chi connectivity index (χ1) is 12.1. The van der Waals surface area contributed by atoms with Gasteiger partial charge in [-0.3, -0.25) is 4.79 Å². The van der Waals surface area contributed by atoms with Gasteiger partial charge in [0.25, 0.3) is 5.91 Å². The van der Waals surface area contributed by atoms with Crippen LogP contribution < -0.4 is 9.54 Å². The summed E-state index contributed by atoms with van der Waals surface area (Å²) in [5, 5.41) is 0. The predicted molar refractivity (Wildman–Crippen MR) is 94.5 cm³/mol. The van der Waals surface area contributed by atoms with E-state index in [0.29, 0.717) is 18.0 Å². The molecular weight excluding hydrogens is 343 g/mol. The smallest absolute Gasteiger partial charge is 0.282 e. The SMILES string of the molecule is COCCn1c(=NC(=O)c2ccccc2F)sc2cc(OC)ccc21. The highest BCUT2D eigenvalue weighted by Crippen LogP contribution is 2.23. The first-order valence-corrected chi connectivity index (χ1v) is 8.45. The van der Waals surface area contributed by atoms with E-state index < -0.39 is 11.7 Å². The molecule has 0 bridgehead atoms. The lowest BCUT2D eigenvalue weighted by atomic mass is 10.2. The van der Waals surface area contributed by atoms with Crippen molar-refractivity contribution in [3.8, 4) is 5.75 Å². The van der Waals surface area contributed by atoms with Crippen LogP contribution in [0.2, 0.25) is 0 Å². The minimum Gasteiger partial charge on any atom is -0.497 e. The van der Waals surface area contributed by atoms with Gasteiger partial charge in [-0.15, -0.1) is 0 Å². The van der Waals surface area contributed by atoms with E-state index in [1.165, 1.54) is 29.5 Å². The van der Waals surface area contributed by atoms with Gasteiger partial charge < -0.3 is 14.0 Å². The van der Waals surface area contributed by atoms with Crippen molar-refractivity contribution < 1.29 is 18.7 Å². The number of methoxy groups -OCH3 is 2. The molecule has 5 nitrogen and oxygen atoms in total. The lowest BCUT2D eigenvalue weighted by Gasteiger charge is -2.05. The Kier molecular flexibility index (Phi) is 5.25. The summed E-state index contributed by atoms with van der Waals surface area (Å²) in [6.45, 7) is 1.01. The molecule has 3 rings (SSSR count). The van der Waals surface area contributed by atoms with Gasteiger partial charge in [-0.25, -0.2) is 4.39 Å². The third-order valence-corrected chi connectivity index (χ3v) is 4.75. The molecule has 7 heteroatoms. The maximum absolute atomic E-state index is 13.8. The van der Waals surface area contributed by atoms with Crippen LogP contribution in [-0.4, -0.2) is 31.3 Å². The predicted octanol–water partition coefficient (Wildman–Crippen LogP) is 3.24. The zero-order chi connectivity index (χ0) is 17.8. The number of amides is 1. The molecular formula is C18H17FN2O3S. The number of nitrogens with zero attached hydrogens (tertiary/aromatic N) is 2. The summed E-state index contributed by atoms with van der Waals surface area (Å²) < 4.78 is 27.0. The summed E-state index contributed by atoms with van der Waals surface area (Å²) in [5.74, 6) is -0.468. The van der Waals surface area contributed by atoms with Crippen LogP contribution in [0.3, 0.4) is 0 Å². The Labute approximate surface area is 148 Å². The Balaban J connectivity index is 2.13. The summed E-state index contributed by atoms with van der Waals surface area (Å²) in [7, 11) is 3.21. The first-order valence-electron chi connectivity index (χ1n) is 7.64. The summed E-state index contributed by atoms with van der Waals surface area (Å²) >= 11 is 1.35. The zero-order valence-electron chi connectivity index (χ0n) is 13.9. The van der Waals surface area contributed by atoms with Crippen molar-refractivity contribution in [3.05, 3.63) is 58.6 Å². The van der Waals surface area contributed by atoms with Crippen LogP contribution in [0, 0.1) is 5.82 Å². The van der Waals surface area contributed by atoms with E-state index in [1.807, 2.05) is 22.8 Å². The molecule has 0 aliphatic rings. The topological polar surface area (TPSA) is 52.8 Å². The van der Waals surface area contributed by atoms with E-state index in [0.717, 1.165) is 16.0 Å². The van der Waals surface area contributed by atoms with Crippen LogP contribution in [0.4, 0.5) is 4.39 Å². The zero-order valence-corrected chi connectivity index (χ0v) is 14.7. The van der Waals surface area contributed by atoms with Gasteiger partial charge in [-0.1, -0.05) is 23.5 Å². The monoisotopic (exact) mass is 360 g/mol. The molecule has 0 aliphatic heterocycles. The number of benzene rings is 2. The van der Waals surface area contributed by atoms with E-state index in [2.05, 4.69) is 4.99 Å². The van der Waals surface area contributed by atoms with Crippen LogP contribution in [0.15, 0.2) is 47.5 Å². The molecule has 0 saturated heterocycles. The number of halogens is 1. The van der Waals surface area contributed by atoms with Crippen LogP contribution >= 0.6 is 11.3 Å². The summed E-state index contributed by atoms with van der Waals surface area (Å²) in [6.07, 6.45) is 0. The third-order valence-electron chi connectivity index (χ3n) is 3.71. The standard InChI is InChI=1S/C18H17FN2O3S/c1-23-10-9-21-15-8-7-12(24-2)11-16(15)25-18(21)20-17(22)13-5-3-4-6-14(13)19/h3-8,11H,9-10H2,1-2H3. The molecule has 1 aromatic heterocycles. The normalized spacial score (nSPS) is 11.9. The Bertz CT molecular complexity index is 978. The Morgan fingerprint density at radius 2 is 2.04 bits per heavy atom. The van der Waals surface area contributed by atoms with Crippen molar-refractivity contribution in [2.75, 3.05) is 20.8 Å². The van der Waals surface area contributed by atoms with E-state index in [1.54, 1.807) is 20.3 Å². The maximum Gasteiger partial charge on any atom is 0.282 e. The second-order valence-corrected chi connectivity index (χ2v) is 6.27. The van der Waals surface area contributed by atoms with Gasteiger partial charge in [-0.2, -0.15) is 4.99 Å². The van der Waals surface area contributed by atoms with Gasteiger partial charge in [-0.05, 0) is 30.3 Å². The number of hydrogen-bond acceptors (Lipinski definition) is 4. The van der Waals surface area contributed by atoms with Gasteiger partial charge in [0.2, 0.25) is 0 Å². The van der Waals surface area contributed by atoms with Crippen LogP contribution in [0.5, 0.6) is 5.75 Å². The van der Waals surface area contributed by atoms with Crippen molar-refractivity contribution >= 4 is 27.5 Å². The fourth-order valence-electron chi connectivity index (χ4n) is 2.45. The number of hydrogen-bond donors (Lipinski definition) is 0. The van der Waals surface area contributed by atoms with Crippen molar-refractivity contribution in [2.45, 2.75) is 6.54 Å². The minimum atomic E-state index is -0.609. The molecule has 130 valence electrons. The number of carbonyl (C=O) groups excluding carboxylic acids is 1. The minimum absolute atomic E-state index is 0.0455. The average Bonchev–Trinajstić information content (AvgIpc) is 2.96. The highest BCUT2D eigenvalue weighted by molar-refractivity contribution is 7.16. The van der Waals surface area contributed by atoms with Crippen LogP contribution in [-0.2, 0) is 11.3 Å². The van der Waals surface area contributed by atoms with E-state index in [9.17, 15) is 9.18 Å². The third kappa shape index (κ3) is 3.62. The van der Waals surface area contributed by atoms with Crippen LogP contribution in [0.25, 0.3) is 10.2 Å². The summed E-state index contributed by atoms with van der Waals surface area (Å²) in [6, 6.07) is 11.5. The van der Waals surface area contributed by atoms with Crippen molar-refractivity contribution in [1.82, 2.24) is 4.57 Å². The Morgan fingerprint density at radius 3 is 2.76 bits per heavy atom. The van der Waals surface area contributed by atoms with E-state index in [4.69, 9.17) is 9.47 Å². The largest absolute Gasteiger partial charge is 0.497 e. The molecule has 0 atom stereocenters. The average molecular weight is 360 g/mol. The fourth-order valence-corrected chi connectivity index (χ4v) is 3.53. The van der Waals surface area contributed by atoms with Crippen LogP contribution in [0.1, 0.15) is 10.4 Å². The van der Waals surface area contributed by atoms with Gasteiger partial charge in [0.05, 0.1) is 29.5 Å². The molecule has 0 saturated carbocycles. The second-order valence-electron chi connectivity index (χ2n) is 5.26. The van der Waals surface area contributed by atoms with Gasteiger partial charge in [0.1, 0.15) is 11.6 Å². The molecule has 0 aliphatic carbocycles. The molecule has 3 aromatic rings. The number of ether oxygens (including phenoxy) is 2. The summed E-state index contributed by atoms with van der Waals surface area (Å²) in [5.41, 5.74) is 0.874. The quantitative estimate of drug-likeness (QED) is 0.702. The molecule has 25 heavy (non-hydrogen) atoms.